The number of benzene rings is 1. The van der Waals surface area contributed by atoms with Gasteiger partial charge in [0.2, 0.25) is 10.0 Å². The molecule has 1 aliphatic heterocycles. The summed E-state index contributed by atoms with van der Waals surface area (Å²) in [7, 11) is -3.43. The number of sulfonamides is 1. The van der Waals surface area contributed by atoms with E-state index in [1.54, 1.807) is 28.6 Å². The summed E-state index contributed by atoms with van der Waals surface area (Å²) in [5.74, 6) is 0. The quantitative estimate of drug-likeness (QED) is 0.857. The summed E-state index contributed by atoms with van der Waals surface area (Å²) in [6.45, 7) is 5.21. The molecule has 1 aromatic carbocycles. The SMILES string of the molecule is CC1CN(S(=O)(=O)c2ccc(C(N)=S)cc2)CC(C)S1. The minimum absolute atomic E-state index is 0.269. The van der Waals surface area contributed by atoms with Crippen molar-refractivity contribution in [2.24, 2.45) is 5.73 Å². The molecule has 110 valence electrons. The molecule has 1 aromatic rings. The van der Waals surface area contributed by atoms with E-state index in [0.717, 1.165) is 0 Å². The van der Waals surface area contributed by atoms with Crippen LogP contribution in [0.15, 0.2) is 29.2 Å². The molecule has 2 atom stereocenters. The van der Waals surface area contributed by atoms with Gasteiger partial charge in [-0.3, -0.25) is 0 Å². The summed E-state index contributed by atoms with van der Waals surface area (Å²) < 4.78 is 26.8. The van der Waals surface area contributed by atoms with Crippen LogP contribution in [-0.4, -0.2) is 41.3 Å². The van der Waals surface area contributed by atoms with Crippen molar-refractivity contribution in [2.75, 3.05) is 13.1 Å². The smallest absolute Gasteiger partial charge is 0.243 e. The maximum Gasteiger partial charge on any atom is 0.243 e. The predicted molar refractivity (Wildman–Crippen MR) is 87.6 cm³/mol. The summed E-state index contributed by atoms with van der Waals surface area (Å²) in [5, 5.41) is 0.619. The number of hydrogen-bond donors (Lipinski definition) is 1. The predicted octanol–water partition coefficient (Wildman–Crippen LogP) is 1.84. The summed E-state index contributed by atoms with van der Waals surface area (Å²) in [6.07, 6.45) is 0. The Labute approximate surface area is 129 Å². The van der Waals surface area contributed by atoms with Crippen molar-refractivity contribution in [3.63, 3.8) is 0 Å². The van der Waals surface area contributed by atoms with Gasteiger partial charge in [0.15, 0.2) is 0 Å². The molecule has 1 heterocycles. The van der Waals surface area contributed by atoms with Gasteiger partial charge in [0.1, 0.15) is 4.99 Å². The van der Waals surface area contributed by atoms with Gasteiger partial charge in [-0.05, 0) is 12.1 Å². The van der Waals surface area contributed by atoms with Crippen LogP contribution in [0, 0.1) is 0 Å². The Kier molecular flexibility index (Phi) is 4.73. The molecule has 20 heavy (non-hydrogen) atoms. The Morgan fingerprint density at radius 1 is 1.25 bits per heavy atom. The fourth-order valence-electron chi connectivity index (χ4n) is 2.27. The highest BCUT2D eigenvalue weighted by Crippen LogP contribution is 2.28. The van der Waals surface area contributed by atoms with Crippen LogP contribution in [0.1, 0.15) is 19.4 Å². The molecule has 0 spiro atoms. The average molecular weight is 331 g/mol. The fraction of sp³-hybridized carbons (Fsp3) is 0.462. The highest BCUT2D eigenvalue weighted by atomic mass is 32.2. The first-order chi connectivity index (χ1) is 9.30. The molecule has 0 aromatic heterocycles. The first kappa shape index (κ1) is 15.8. The average Bonchev–Trinajstić information content (AvgIpc) is 2.37. The number of thioether (sulfide) groups is 1. The second-order valence-electron chi connectivity index (χ2n) is 4.97. The highest BCUT2D eigenvalue weighted by molar-refractivity contribution is 8.00. The summed E-state index contributed by atoms with van der Waals surface area (Å²) >= 11 is 6.69. The largest absolute Gasteiger partial charge is 0.389 e. The lowest BCUT2D eigenvalue weighted by Gasteiger charge is -2.33. The second kappa shape index (κ2) is 6.01. The van der Waals surface area contributed by atoms with E-state index in [1.807, 2.05) is 11.8 Å². The maximum atomic E-state index is 12.6. The van der Waals surface area contributed by atoms with Crippen molar-refractivity contribution in [2.45, 2.75) is 29.2 Å². The van der Waals surface area contributed by atoms with Crippen LogP contribution in [0.2, 0.25) is 0 Å². The molecular weight excluding hydrogens is 312 g/mol. The Morgan fingerprint density at radius 2 is 1.75 bits per heavy atom. The van der Waals surface area contributed by atoms with Gasteiger partial charge in [-0.15, -0.1) is 0 Å². The Bertz CT molecular complexity index is 589. The number of thiocarbonyl (C=S) groups is 1. The van der Waals surface area contributed by atoms with Crippen LogP contribution < -0.4 is 5.73 Å². The van der Waals surface area contributed by atoms with E-state index >= 15 is 0 Å². The van der Waals surface area contributed by atoms with E-state index in [4.69, 9.17) is 18.0 Å². The van der Waals surface area contributed by atoms with Gasteiger partial charge in [-0.1, -0.05) is 38.2 Å². The van der Waals surface area contributed by atoms with E-state index in [0.29, 0.717) is 34.0 Å². The minimum Gasteiger partial charge on any atom is -0.389 e. The molecular formula is C13H18N2O2S3. The molecule has 0 aliphatic carbocycles. The van der Waals surface area contributed by atoms with E-state index < -0.39 is 10.0 Å². The lowest BCUT2D eigenvalue weighted by molar-refractivity contribution is 0.405. The molecule has 2 N–H and O–H groups in total. The third-order valence-corrected chi connectivity index (χ3v) is 6.47. The van der Waals surface area contributed by atoms with E-state index in [-0.39, 0.29) is 4.99 Å². The number of rotatable bonds is 3. The van der Waals surface area contributed by atoms with Crippen LogP contribution in [0.3, 0.4) is 0 Å². The first-order valence-electron chi connectivity index (χ1n) is 6.36. The van der Waals surface area contributed by atoms with Crippen LogP contribution in [0.5, 0.6) is 0 Å². The molecule has 1 saturated heterocycles. The van der Waals surface area contributed by atoms with Crippen molar-refractivity contribution in [3.05, 3.63) is 29.8 Å². The first-order valence-corrected chi connectivity index (χ1v) is 9.15. The third kappa shape index (κ3) is 3.33. The standard InChI is InChI=1S/C13H18N2O2S3/c1-9-7-15(8-10(2)19-9)20(16,17)12-5-3-11(4-6-12)13(14)18/h3-6,9-10H,7-8H2,1-2H3,(H2,14,18). The molecule has 1 aliphatic rings. The highest BCUT2D eigenvalue weighted by Gasteiger charge is 2.31. The lowest BCUT2D eigenvalue weighted by Crippen LogP contribution is -2.43. The molecule has 0 radical (unpaired) electrons. The Hall–Kier alpha value is -0.630. The van der Waals surface area contributed by atoms with Gasteiger partial charge >= 0.3 is 0 Å². The molecule has 2 rings (SSSR count). The van der Waals surface area contributed by atoms with E-state index in [1.165, 1.54) is 0 Å². The zero-order chi connectivity index (χ0) is 14.9. The Balaban J connectivity index is 2.27. The van der Waals surface area contributed by atoms with Gasteiger partial charge in [-0.25, -0.2) is 8.42 Å². The topological polar surface area (TPSA) is 63.4 Å². The fourth-order valence-corrected chi connectivity index (χ4v) is 5.54. The Morgan fingerprint density at radius 3 is 2.20 bits per heavy atom. The maximum absolute atomic E-state index is 12.6. The van der Waals surface area contributed by atoms with E-state index in [2.05, 4.69) is 13.8 Å². The minimum atomic E-state index is -3.43. The molecule has 0 amide bonds. The van der Waals surface area contributed by atoms with Crippen LogP contribution >= 0.6 is 24.0 Å². The normalized spacial score (nSPS) is 24.5. The van der Waals surface area contributed by atoms with Crippen molar-refractivity contribution in [1.82, 2.24) is 4.31 Å². The van der Waals surface area contributed by atoms with Gasteiger partial charge in [-0.2, -0.15) is 16.1 Å². The van der Waals surface area contributed by atoms with Crippen LogP contribution in [0.25, 0.3) is 0 Å². The molecule has 4 nitrogen and oxygen atoms in total. The van der Waals surface area contributed by atoms with Gasteiger partial charge in [0.25, 0.3) is 0 Å². The van der Waals surface area contributed by atoms with Crippen molar-refractivity contribution >= 4 is 39.0 Å². The summed E-state index contributed by atoms with van der Waals surface area (Å²) in [5.41, 5.74) is 6.20. The third-order valence-electron chi connectivity index (χ3n) is 3.16. The summed E-state index contributed by atoms with van der Waals surface area (Å²) in [6, 6.07) is 6.45. The molecule has 0 saturated carbocycles. The lowest BCUT2D eigenvalue weighted by atomic mass is 10.2. The molecule has 2 unspecified atom stereocenters. The second-order valence-corrected chi connectivity index (χ2v) is 9.23. The number of nitrogens with zero attached hydrogens (tertiary/aromatic N) is 1. The van der Waals surface area contributed by atoms with Crippen molar-refractivity contribution in [1.29, 1.82) is 0 Å². The van der Waals surface area contributed by atoms with Gasteiger partial charge in [0, 0.05) is 29.2 Å². The zero-order valence-electron chi connectivity index (χ0n) is 11.4. The number of nitrogens with two attached hydrogens (primary N) is 1. The van der Waals surface area contributed by atoms with Crippen LogP contribution in [0.4, 0.5) is 0 Å². The van der Waals surface area contributed by atoms with Crippen molar-refractivity contribution in [3.8, 4) is 0 Å². The van der Waals surface area contributed by atoms with Crippen LogP contribution in [-0.2, 0) is 10.0 Å². The molecule has 1 fully saturated rings. The van der Waals surface area contributed by atoms with Crippen molar-refractivity contribution < 1.29 is 8.42 Å². The monoisotopic (exact) mass is 330 g/mol. The van der Waals surface area contributed by atoms with E-state index in [9.17, 15) is 8.42 Å². The number of hydrogen-bond acceptors (Lipinski definition) is 4. The molecule has 0 bridgehead atoms. The molecule has 7 heteroatoms. The zero-order valence-corrected chi connectivity index (χ0v) is 13.9. The summed E-state index contributed by atoms with van der Waals surface area (Å²) in [4.78, 5) is 0.564. The van der Waals surface area contributed by atoms with Gasteiger partial charge in [0.05, 0.1) is 4.90 Å². The van der Waals surface area contributed by atoms with Gasteiger partial charge < -0.3 is 5.73 Å².